The van der Waals surface area contributed by atoms with E-state index in [1.807, 2.05) is 0 Å². The number of nitrogens with two attached hydrogens (primary N) is 1. The number of rotatable bonds is 2. The molecule has 0 fully saturated rings. The van der Waals surface area contributed by atoms with Crippen LogP contribution in [0.2, 0.25) is 0 Å². The van der Waals surface area contributed by atoms with E-state index in [4.69, 9.17) is 5.73 Å². The van der Waals surface area contributed by atoms with Gasteiger partial charge in [0, 0.05) is 0 Å². The Morgan fingerprint density at radius 1 is 1.18 bits per heavy atom. The van der Waals surface area contributed by atoms with E-state index in [1.165, 1.54) is 6.07 Å². The fourth-order valence-corrected chi connectivity index (χ4v) is 1.80. The zero-order valence-corrected chi connectivity index (χ0v) is 10.5. The van der Waals surface area contributed by atoms with E-state index in [2.05, 4.69) is 24.6 Å². The first-order valence-electron chi connectivity index (χ1n) is 5.72. The first-order chi connectivity index (χ1) is 10.4. The minimum Gasteiger partial charge on any atom is -0.379 e. The Hall–Kier alpha value is -3.11. The number of benzene rings is 1. The number of nitrogen functional groups attached to an aromatic ring is 1. The van der Waals surface area contributed by atoms with Crippen molar-refractivity contribution >= 4 is 5.82 Å². The second-order valence-corrected chi connectivity index (χ2v) is 4.15. The van der Waals surface area contributed by atoms with Crippen molar-refractivity contribution in [2.45, 2.75) is 6.18 Å². The van der Waals surface area contributed by atoms with Crippen LogP contribution in [-0.4, -0.2) is 20.0 Å². The number of anilines is 1. The highest BCUT2D eigenvalue weighted by Gasteiger charge is 2.31. The Labute approximate surface area is 118 Å². The normalized spacial score (nSPS) is 11.8. The molecule has 0 spiro atoms. The van der Waals surface area contributed by atoms with Crippen molar-refractivity contribution in [3.63, 3.8) is 0 Å². The third-order valence-corrected chi connectivity index (χ3v) is 2.76. The van der Waals surface area contributed by atoms with Crippen molar-refractivity contribution in [2.24, 2.45) is 0 Å². The number of halogens is 3. The molecule has 0 saturated heterocycles. The zero-order valence-electron chi connectivity index (χ0n) is 10.5. The van der Waals surface area contributed by atoms with E-state index in [1.54, 1.807) is 0 Å². The highest BCUT2D eigenvalue weighted by atomic mass is 19.4. The van der Waals surface area contributed by atoms with Crippen LogP contribution >= 0.6 is 0 Å². The molecule has 2 aromatic heterocycles. The SMILES string of the molecule is Nc1nonc1-c1noc(=O)n1-c1cccc(C(F)(F)F)c1. The van der Waals surface area contributed by atoms with Gasteiger partial charge < -0.3 is 5.73 Å². The number of nitrogens with zero attached hydrogens (tertiary/aromatic N) is 4. The van der Waals surface area contributed by atoms with Gasteiger partial charge in [0.15, 0.2) is 11.5 Å². The molecule has 8 nitrogen and oxygen atoms in total. The van der Waals surface area contributed by atoms with E-state index in [0.29, 0.717) is 0 Å². The Morgan fingerprint density at radius 2 is 1.95 bits per heavy atom. The molecule has 0 radical (unpaired) electrons. The average molecular weight is 313 g/mol. The number of hydrogen-bond donors (Lipinski definition) is 1. The first-order valence-corrected chi connectivity index (χ1v) is 5.72. The molecule has 2 N–H and O–H groups in total. The van der Waals surface area contributed by atoms with Crippen LogP contribution in [0.3, 0.4) is 0 Å². The summed E-state index contributed by atoms with van der Waals surface area (Å²) in [6.45, 7) is 0. The summed E-state index contributed by atoms with van der Waals surface area (Å²) in [5, 5.41) is 10.2. The van der Waals surface area contributed by atoms with Crippen LogP contribution in [0, 0.1) is 0 Å². The quantitative estimate of drug-likeness (QED) is 0.762. The monoisotopic (exact) mass is 313 g/mol. The molecule has 0 unspecified atom stereocenters. The van der Waals surface area contributed by atoms with Gasteiger partial charge >= 0.3 is 11.9 Å². The topological polar surface area (TPSA) is 113 Å². The standard InChI is InChI=1S/C11H6F3N5O3/c12-11(13,14)5-2-1-3-6(4-5)19-9(18-21-10(19)20)7-8(15)17-22-16-7/h1-4H,(H2,15,17). The van der Waals surface area contributed by atoms with Crippen LogP contribution in [0.4, 0.5) is 19.0 Å². The minimum absolute atomic E-state index is 0.113. The lowest BCUT2D eigenvalue weighted by molar-refractivity contribution is -0.137. The Balaban J connectivity index is 2.20. The van der Waals surface area contributed by atoms with Gasteiger partial charge in [-0.05, 0) is 28.5 Å². The lowest BCUT2D eigenvalue weighted by Crippen LogP contribution is -2.15. The number of alkyl halides is 3. The summed E-state index contributed by atoms with van der Waals surface area (Å²) in [6, 6.07) is 4.06. The van der Waals surface area contributed by atoms with E-state index >= 15 is 0 Å². The molecule has 0 aliphatic rings. The minimum atomic E-state index is -4.56. The molecule has 3 aromatic rings. The van der Waals surface area contributed by atoms with E-state index in [9.17, 15) is 18.0 Å². The molecule has 11 heteroatoms. The summed E-state index contributed by atoms with van der Waals surface area (Å²) in [4.78, 5) is 11.7. The molecule has 114 valence electrons. The maximum Gasteiger partial charge on any atom is 0.446 e. The van der Waals surface area contributed by atoms with E-state index in [-0.39, 0.29) is 23.0 Å². The highest BCUT2D eigenvalue weighted by Crippen LogP contribution is 2.31. The van der Waals surface area contributed by atoms with Gasteiger partial charge in [0.25, 0.3) is 0 Å². The molecule has 3 rings (SSSR count). The van der Waals surface area contributed by atoms with Crippen molar-refractivity contribution < 1.29 is 22.3 Å². The Morgan fingerprint density at radius 3 is 2.59 bits per heavy atom. The predicted molar refractivity (Wildman–Crippen MR) is 64.8 cm³/mol. The van der Waals surface area contributed by atoms with Gasteiger partial charge in [-0.1, -0.05) is 11.2 Å². The van der Waals surface area contributed by atoms with Crippen LogP contribution in [0.15, 0.2) is 38.2 Å². The van der Waals surface area contributed by atoms with E-state index in [0.717, 1.165) is 22.8 Å². The molecule has 2 heterocycles. The Kier molecular flexibility index (Phi) is 2.97. The molecule has 0 bridgehead atoms. The summed E-state index contributed by atoms with van der Waals surface area (Å²) < 4.78 is 47.9. The average Bonchev–Trinajstić information content (AvgIpc) is 3.03. The van der Waals surface area contributed by atoms with Gasteiger partial charge in [0.2, 0.25) is 5.82 Å². The summed E-state index contributed by atoms with van der Waals surface area (Å²) in [7, 11) is 0. The summed E-state index contributed by atoms with van der Waals surface area (Å²) in [6.07, 6.45) is -4.56. The fraction of sp³-hybridized carbons (Fsp3) is 0.0909. The summed E-state index contributed by atoms with van der Waals surface area (Å²) >= 11 is 0. The van der Waals surface area contributed by atoms with Gasteiger partial charge in [-0.2, -0.15) is 13.2 Å². The van der Waals surface area contributed by atoms with Gasteiger partial charge in [0.05, 0.1) is 11.3 Å². The van der Waals surface area contributed by atoms with Crippen molar-refractivity contribution in [1.82, 2.24) is 20.0 Å². The molecule has 0 saturated carbocycles. The number of aromatic nitrogens is 4. The molecule has 0 amide bonds. The second-order valence-electron chi connectivity index (χ2n) is 4.15. The van der Waals surface area contributed by atoms with Crippen LogP contribution in [0.25, 0.3) is 17.2 Å². The van der Waals surface area contributed by atoms with Crippen LogP contribution in [-0.2, 0) is 6.18 Å². The lowest BCUT2D eigenvalue weighted by atomic mass is 10.2. The maximum atomic E-state index is 12.8. The summed E-state index contributed by atoms with van der Waals surface area (Å²) in [5.74, 6) is -1.41. The third kappa shape index (κ3) is 2.21. The Bertz CT molecular complexity index is 879. The first kappa shape index (κ1) is 13.9. The van der Waals surface area contributed by atoms with Crippen molar-refractivity contribution in [3.8, 4) is 17.2 Å². The van der Waals surface area contributed by atoms with Crippen molar-refractivity contribution in [3.05, 3.63) is 40.4 Å². The predicted octanol–water partition coefficient (Wildman–Crippen LogP) is 1.48. The smallest absolute Gasteiger partial charge is 0.379 e. The van der Waals surface area contributed by atoms with Gasteiger partial charge in [0.1, 0.15) is 0 Å². The van der Waals surface area contributed by atoms with Crippen LogP contribution in [0.1, 0.15) is 5.56 Å². The summed E-state index contributed by atoms with van der Waals surface area (Å²) in [5.41, 5.74) is 4.31. The third-order valence-electron chi connectivity index (χ3n) is 2.76. The molecule has 22 heavy (non-hydrogen) atoms. The number of hydrogen-bond acceptors (Lipinski definition) is 7. The van der Waals surface area contributed by atoms with Crippen molar-refractivity contribution in [1.29, 1.82) is 0 Å². The molecule has 0 atom stereocenters. The molecular weight excluding hydrogens is 307 g/mol. The van der Waals surface area contributed by atoms with Gasteiger partial charge in [-0.3, -0.25) is 4.52 Å². The maximum absolute atomic E-state index is 12.8. The van der Waals surface area contributed by atoms with E-state index < -0.39 is 17.5 Å². The highest BCUT2D eigenvalue weighted by molar-refractivity contribution is 5.63. The van der Waals surface area contributed by atoms with Crippen LogP contribution in [0.5, 0.6) is 0 Å². The largest absolute Gasteiger partial charge is 0.446 e. The van der Waals surface area contributed by atoms with Crippen LogP contribution < -0.4 is 11.5 Å². The zero-order chi connectivity index (χ0) is 15.9. The molecule has 1 aromatic carbocycles. The molecule has 0 aliphatic carbocycles. The molecular formula is C11H6F3N5O3. The lowest BCUT2D eigenvalue weighted by Gasteiger charge is -2.08. The second kappa shape index (κ2) is 4.72. The molecule has 0 aliphatic heterocycles. The van der Waals surface area contributed by atoms with Gasteiger partial charge in [-0.25, -0.2) is 14.0 Å². The fourth-order valence-electron chi connectivity index (χ4n) is 1.80. The van der Waals surface area contributed by atoms with Gasteiger partial charge in [-0.15, -0.1) is 0 Å². The van der Waals surface area contributed by atoms with Crippen molar-refractivity contribution in [2.75, 3.05) is 5.73 Å².